The maximum Gasteiger partial charge on any atom is 0.407 e. The number of imidazole rings is 1. The molecule has 4 amide bonds. The number of hydrogen-bond acceptors (Lipinski definition) is 9. The first-order valence-corrected chi connectivity index (χ1v) is 17.8. The number of nitrogens with one attached hydrogen (secondary N) is 3. The van der Waals surface area contributed by atoms with Crippen LogP contribution in [0.4, 0.5) is 4.79 Å². The van der Waals surface area contributed by atoms with E-state index in [0.717, 1.165) is 47.2 Å². The molecule has 2 aliphatic heterocycles. The van der Waals surface area contributed by atoms with Gasteiger partial charge in [0.05, 0.1) is 43.3 Å². The number of aromatic nitrogens is 2. The highest BCUT2D eigenvalue weighted by molar-refractivity contribution is 5.91. The van der Waals surface area contributed by atoms with Crippen molar-refractivity contribution in [2.24, 2.45) is 5.73 Å². The monoisotopic (exact) mass is 717 g/mol. The minimum atomic E-state index is -0.897. The Hall–Kier alpha value is -4.79. The van der Waals surface area contributed by atoms with Crippen molar-refractivity contribution in [3.8, 4) is 22.4 Å². The van der Waals surface area contributed by atoms with Crippen LogP contribution in [0, 0.1) is 0 Å². The molecule has 5 N–H and O–H groups in total. The molecule has 0 unspecified atom stereocenters. The van der Waals surface area contributed by atoms with Crippen molar-refractivity contribution in [1.82, 2.24) is 30.4 Å². The van der Waals surface area contributed by atoms with Gasteiger partial charge in [-0.2, -0.15) is 0 Å². The Morgan fingerprint density at radius 1 is 0.808 bits per heavy atom. The van der Waals surface area contributed by atoms with Gasteiger partial charge in [0, 0.05) is 27.3 Å². The first-order valence-electron chi connectivity index (χ1n) is 17.8. The molecule has 1 aromatic heterocycles. The van der Waals surface area contributed by atoms with Gasteiger partial charge in [-0.3, -0.25) is 14.4 Å². The molecule has 280 valence electrons. The normalized spacial score (nSPS) is 20.1. The van der Waals surface area contributed by atoms with Gasteiger partial charge in [0.1, 0.15) is 23.9 Å². The lowest BCUT2D eigenvalue weighted by Crippen LogP contribution is -2.54. The number of hydrogen-bond donors (Lipinski definition) is 4. The maximum absolute atomic E-state index is 13.6. The Morgan fingerprint density at radius 2 is 1.40 bits per heavy atom. The van der Waals surface area contributed by atoms with Gasteiger partial charge in [-0.1, -0.05) is 48.5 Å². The topological polar surface area (TPSA) is 181 Å². The van der Waals surface area contributed by atoms with Crippen LogP contribution in [0.1, 0.15) is 69.9 Å². The van der Waals surface area contributed by atoms with Crippen LogP contribution in [-0.4, -0.2) is 108 Å². The second-order valence-electron chi connectivity index (χ2n) is 13.5. The molecule has 2 fully saturated rings. The average Bonchev–Trinajstić information content (AvgIpc) is 3.97. The first-order chi connectivity index (χ1) is 25.0. The Balaban J connectivity index is 1.20. The minimum absolute atomic E-state index is 0.190. The molecule has 5 rings (SSSR count). The maximum atomic E-state index is 13.6. The van der Waals surface area contributed by atoms with E-state index in [2.05, 4.69) is 20.6 Å². The van der Waals surface area contributed by atoms with Crippen LogP contribution in [0.5, 0.6) is 0 Å². The number of H-pyrrole nitrogens is 1. The Morgan fingerprint density at radius 3 is 2.04 bits per heavy atom. The number of rotatable bonds is 13. The highest BCUT2D eigenvalue weighted by Gasteiger charge is 2.39. The standard InChI is InChI=1S/C38H51N7O7/c1-22(41-35(46)31-10-8-20-45(31)36(47)32(39)23(2)50-4)25-11-13-26(14-12-25)27-15-17-28(18-16-27)29-21-40-34(42-29)30-9-7-19-44(30)37(48)33(24(3)51-5)43-38(49)52-6/h11-18,21-24,30-33H,7-10,19-20,39H2,1-6H3,(H,40,42)(H,41,46)(H,43,49)/t22-,23-,24-,30+,31+,32+,33+/m1/s1. The summed E-state index contributed by atoms with van der Waals surface area (Å²) < 4.78 is 15.3. The molecule has 3 heterocycles. The van der Waals surface area contributed by atoms with Crippen LogP contribution in [0.25, 0.3) is 22.4 Å². The van der Waals surface area contributed by atoms with Gasteiger partial charge in [0.2, 0.25) is 17.7 Å². The number of amides is 4. The van der Waals surface area contributed by atoms with E-state index in [-0.39, 0.29) is 29.8 Å². The summed E-state index contributed by atoms with van der Waals surface area (Å²) in [5.41, 5.74) is 10.9. The van der Waals surface area contributed by atoms with Crippen molar-refractivity contribution in [3.05, 3.63) is 66.1 Å². The van der Waals surface area contributed by atoms with Crippen molar-refractivity contribution < 1.29 is 33.4 Å². The molecule has 14 heteroatoms. The van der Waals surface area contributed by atoms with Crippen molar-refractivity contribution >= 4 is 23.8 Å². The molecule has 0 saturated carbocycles. The second kappa shape index (κ2) is 17.2. The zero-order valence-corrected chi connectivity index (χ0v) is 30.8. The summed E-state index contributed by atoms with van der Waals surface area (Å²) in [5, 5.41) is 5.69. The molecule has 7 atom stereocenters. The van der Waals surface area contributed by atoms with Gasteiger partial charge < -0.3 is 45.4 Å². The van der Waals surface area contributed by atoms with E-state index in [4.69, 9.17) is 19.9 Å². The second-order valence-corrected chi connectivity index (χ2v) is 13.5. The summed E-state index contributed by atoms with van der Waals surface area (Å²) in [6.07, 6.45) is 2.96. The van der Waals surface area contributed by atoms with Crippen LogP contribution < -0.4 is 16.4 Å². The molecule has 0 spiro atoms. The number of ether oxygens (including phenoxy) is 3. The van der Waals surface area contributed by atoms with E-state index >= 15 is 0 Å². The number of alkyl carbamates (subject to hydrolysis) is 1. The van der Waals surface area contributed by atoms with Gasteiger partial charge in [-0.25, -0.2) is 9.78 Å². The number of likely N-dealkylation sites (tertiary alicyclic amines) is 2. The largest absolute Gasteiger partial charge is 0.453 e. The van der Waals surface area contributed by atoms with Crippen LogP contribution in [-0.2, 0) is 28.6 Å². The molecule has 14 nitrogen and oxygen atoms in total. The molecule has 3 aromatic rings. The summed E-state index contributed by atoms with van der Waals surface area (Å²) in [5.74, 6) is -0.0316. The van der Waals surface area contributed by atoms with Gasteiger partial charge in [0.25, 0.3) is 0 Å². The van der Waals surface area contributed by atoms with Gasteiger partial charge in [0.15, 0.2) is 0 Å². The zero-order chi connectivity index (χ0) is 37.5. The Bertz CT molecular complexity index is 1700. The van der Waals surface area contributed by atoms with Crippen LogP contribution >= 0.6 is 0 Å². The molecule has 2 aromatic carbocycles. The van der Waals surface area contributed by atoms with E-state index in [1.165, 1.54) is 21.3 Å². The summed E-state index contributed by atoms with van der Waals surface area (Å²) >= 11 is 0. The number of carbonyl (C=O) groups is 4. The molecule has 0 bridgehead atoms. The third kappa shape index (κ3) is 8.46. The quantitative estimate of drug-likeness (QED) is 0.205. The molecular weight excluding hydrogens is 666 g/mol. The van der Waals surface area contributed by atoms with Gasteiger partial charge in [-0.15, -0.1) is 0 Å². The fraction of sp³-hybridized carbons (Fsp3) is 0.500. The third-order valence-corrected chi connectivity index (χ3v) is 10.3. The van der Waals surface area contributed by atoms with E-state index in [1.807, 2.05) is 55.5 Å². The van der Waals surface area contributed by atoms with E-state index in [9.17, 15) is 19.2 Å². The summed E-state index contributed by atoms with van der Waals surface area (Å²) in [6, 6.07) is 13.4. The van der Waals surface area contributed by atoms with Crippen molar-refractivity contribution in [2.45, 2.75) is 88.9 Å². The number of nitrogens with two attached hydrogens (primary N) is 1. The number of benzene rings is 2. The van der Waals surface area contributed by atoms with Crippen molar-refractivity contribution in [2.75, 3.05) is 34.4 Å². The molecular formula is C38H51N7O7. The lowest BCUT2D eigenvalue weighted by molar-refractivity contribution is -0.141. The third-order valence-electron chi connectivity index (χ3n) is 10.3. The van der Waals surface area contributed by atoms with Crippen LogP contribution in [0.3, 0.4) is 0 Å². The van der Waals surface area contributed by atoms with Crippen molar-refractivity contribution in [1.29, 1.82) is 0 Å². The lowest BCUT2D eigenvalue weighted by atomic mass is 9.99. The zero-order valence-electron chi connectivity index (χ0n) is 30.8. The highest BCUT2D eigenvalue weighted by atomic mass is 16.5. The van der Waals surface area contributed by atoms with Crippen molar-refractivity contribution in [3.63, 3.8) is 0 Å². The summed E-state index contributed by atoms with van der Waals surface area (Å²) in [4.78, 5) is 63.1. The minimum Gasteiger partial charge on any atom is -0.453 e. The number of nitrogens with zero attached hydrogens (tertiary/aromatic N) is 3. The number of methoxy groups -OCH3 is 3. The van der Waals surface area contributed by atoms with E-state index in [1.54, 1.807) is 29.8 Å². The Labute approximate surface area is 304 Å². The van der Waals surface area contributed by atoms with Crippen LogP contribution in [0.2, 0.25) is 0 Å². The Kier molecular flexibility index (Phi) is 12.7. The average molecular weight is 718 g/mol. The highest BCUT2D eigenvalue weighted by Crippen LogP contribution is 2.33. The van der Waals surface area contributed by atoms with Gasteiger partial charge in [-0.05, 0) is 68.7 Å². The molecule has 0 radical (unpaired) electrons. The fourth-order valence-corrected chi connectivity index (χ4v) is 6.89. The van der Waals surface area contributed by atoms with E-state index in [0.29, 0.717) is 25.3 Å². The van der Waals surface area contributed by atoms with Crippen LogP contribution in [0.15, 0.2) is 54.7 Å². The molecule has 2 aliphatic rings. The number of carbonyl (C=O) groups excluding carboxylic acids is 4. The predicted molar refractivity (Wildman–Crippen MR) is 195 cm³/mol. The summed E-state index contributed by atoms with van der Waals surface area (Å²) in [7, 11) is 4.26. The predicted octanol–water partition coefficient (Wildman–Crippen LogP) is 3.70. The number of aromatic amines is 1. The SMILES string of the molecule is COC(=O)N[C@H](C(=O)N1CCC[C@H]1c1ncc(-c2ccc(-c3ccc([C@@H](C)NC(=O)[C@@H]4CCCN4C(=O)[C@@H](N)[C@@H](C)OC)cc3)cc2)[nH]1)[C@@H](C)OC. The smallest absolute Gasteiger partial charge is 0.407 e. The van der Waals surface area contributed by atoms with Gasteiger partial charge >= 0.3 is 6.09 Å². The lowest BCUT2D eigenvalue weighted by Gasteiger charge is -2.30. The molecule has 52 heavy (non-hydrogen) atoms. The first kappa shape index (κ1) is 38.4. The molecule has 2 saturated heterocycles. The van der Waals surface area contributed by atoms with E-state index < -0.39 is 36.4 Å². The fourth-order valence-electron chi connectivity index (χ4n) is 6.89. The molecule has 0 aliphatic carbocycles. The summed E-state index contributed by atoms with van der Waals surface area (Å²) in [6.45, 7) is 6.44.